The molecule has 4 aromatic rings. The first-order chi connectivity index (χ1) is 23.6. The second-order valence-corrected chi connectivity index (χ2v) is 16.9. The third kappa shape index (κ3) is 8.61. The van der Waals surface area contributed by atoms with Crippen LogP contribution in [0.4, 0.5) is 11.4 Å². The van der Waals surface area contributed by atoms with Crippen molar-refractivity contribution in [2.45, 2.75) is 90.7 Å². The fraction of sp³-hybridized carbons (Fsp3) is 0.450. The first-order valence-electron chi connectivity index (χ1n) is 17.9. The molecule has 2 aromatic heterocycles. The van der Waals surface area contributed by atoms with Crippen molar-refractivity contribution in [1.29, 1.82) is 0 Å². The molecule has 0 saturated carbocycles. The number of ether oxygens (including phenoxy) is 2. The zero-order chi connectivity index (χ0) is 33.3. The summed E-state index contributed by atoms with van der Waals surface area (Å²) in [6.07, 6.45) is 13.4. The zero-order valence-electron chi connectivity index (χ0n) is 28.8. The number of thiophene rings is 2. The molecular weight excluding hydrogens is 669 g/mol. The highest BCUT2D eigenvalue weighted by Crippen LogP contribution is 2.58. The molecule has 48 heavy (non-hydrogen) atoms. The van der Waals surface area contributed by atoms with Gasteiger partial charge in [-0.3, -0.25) is 0 Å². The lowest BCUT2D eigenvalue weighted by Gasteiger charge is -2.16. The Morgan fingerprint density at radius 3 is 1.88 bits per heavy atom. The standard InChI is InChI=1S/C40H50N2O2S4/c1-5-9-11-27(7-3)25-43-31-17-13-29(14-18-31)33-21-23-35(45-33)39-37-38(42-48-41-37)40(47-39)36-24-22-34(46-36)30-15-19-32(20-16-30)44-26-28(8-4)12-10-6-2/h13-21,23-24,27-28,34,41-42H,5-12,22,25-26H2,1-4H3. The van der Waals surface area contributed by atoms with Gasteiger partial charge in [0.05, 0.1) is 46.5 Å². The minimum atomic E-state index is 0.426. The van der Waals surface area contributed by atoms with E-state index < -0.39 is 0 Å². The molecule has 0 aliphatic carbocycles. The molecule has 3 unspecified atom stereocenters. The van der Waals surface area contributed by atoms with E-state index in [4.69, 9.17) is 9.47 Å². The van der Waals surface area contributed by atoms with Crippen molar-refractivity contribution in [3.05, 3.63) is 77.2 Å². The van der Waals surface area contributed by atoms with Crippen LogP contribution in [0.25, 0.3) is 25.1 Å². The second kappa shape index (κ2) is 17.4. The Hall–Kier alpha value is -2.52. The summed E-state index contributed by atoms with van der Waals surface area (Å²) in [4.78, 5) is 6.60. The second-order valence-electron chi connectivity index (χ2n) is 12.9. The Kier molecular flexibility index (Phi) is 12.8. The number of fused-ring (bicyclic) bond motifs is 1. The number of allylic oxidation sites excluding steroid dienone is 1. The third-order valence-corrected chi connectivity index (χ3v) is 14.2. The maximum absolute atomic E-state index is 6.19. The molecule has 6 rings (SSSR count). The molecule has 8 heteroatoms. The monoisotopic (exact) mass is 718 g/mol. The summed E-state index contributed by atoms with van der Waals surface area (Å²) in [5.41, 5.74) is 5.03. The SMILES string of the molecule is CCCCC(CC)COc1ccc(-c2ccc(-c3sc(C4=CCC(c5ccc(OCC(CC)CCCC)cc5)S4)c4c3NSN4)s2)cc1. The number of anilines is 2. The fourth-order valence-corrected chi connectivity index (χ4v) is 10.8. The molecule has 0 saturated heterocycles. The van der Waals surface area contributed by atoms with Gasteiger partial charge in [-0.2, -0.15) is 0 Å². The minimum absolute atomic E-state index is 0.426. The van der Waals surface area contributed by atoms with Gasteiger partial charge in [0.25, 0.3) is 0 Å². The van der Waals surface area contributed by atoms with Gasteiger partial charge in [-0.15, -0.1) is 34.4 Å². The maximum atomic E-state index is 6.19. The molecule has 0 fully saturated rings. The molecule has 2 aliphatic rings. The van der Waals surface area contributed by atoms with E-state index in [0.29, 0.717) is 17.1 Å². The van der Waals surface area contributed by atoms with E-state index in [0.717, 1.165) is 31.1 Å². The molecule has 4 heterocycles. The van der Waals surface area contributed by atoms with Crippen molar-refractivity contribution >= 4 is 62.8 Å². The summed E-state index contributed by atoms with van der Waals surface area (Å²) in [6, 6.07) is 22.0. The Bertz CT molecular complexity index is 1630. The van der Waals surface area contributed by atoms with Crippen LogP contribution in [-0.4, -0.2) is 13.2 Å². The first-order valence-corrected chi connectivity index (χ1v) is 21.2. The quantitative estimate of drug-likeness (QED) is 0.0999. The van der Waals surface area contributed by atoms with Crippen molar-refractivity contribution in [2.24, 2.45) is 11.8 Å². The lowest BCUT2D eigenvalue weighted by atomic mass is 10.0. The molecular formula is C40H50N2O2S4. The number of hydrogen-bond donors (Lipinski definition) is 2. The molecule has 0 bridgehead atoms. The first kappa shape index (κ1) is 35.3. The van der Waals surface area contributed by atoms with E-state index in [2.05, 4.69) is 104 Å². The van der Waals surface area contributed by atoms with Crippen LogP contribution < -0.4 is 18.9 Å². The fourth-order valence-electron chi connectivity index (χ4n) is 6.25. The third-order valence-electron chi connectivity index (χ3n) is 9.50. The van der Waals surface area contributed by atoms with Crippen molar-refractivity contribution in [3.63, 3.8) is 0 Å². The molecule has 3 atom stereocenters. The highest BCUT2D eigenvalue weighted by Gasteiger charge is 2.30. The van der Waals surface area contributed by atoms with Gasteiger partial charge < -0.3 is 18.9 Å². The van der Waals surface area contributed by atoms with Gasteiger partial charge >= 0.3 is 0 Å². The predicted octanol–water partition coefficient (Wildman–Crippen LogP) is 14.0. The normalized spacial score (nSPS) is 16.6. The molecule has 4 nitrogen and oxygen atoms in total. The van der Waals surface area contributed by atoms with Gasteiger partial charge in [-0.1, -0.05) is 84.4 Å². The average molecular weight is 719 g/mol. The largest absolute Gasteiger partial charge is 0.493 e. The highest BCUT2D eigenvalue weighted by atomic mass is 32.2. The van der Waals surface area contributed by atoms with Gasteiger partial charge in [0.15, 0.2) is 0 Å². The lowest BCUT2D eigenvalue weighted by molar-refractivity contribution is 0.233. The van der Waals surface area contributed by atoms with Gasteiger partial charge in [-0.05, 0) is 90.8 Å². The maximum Gasteiger partial charge on any atom is 0.119 e. The predicted molar refractivity (Wildman–Crippen MR) is 215 cm³/mol. The van der Waals surface area contributed by atoms with Crippen LogP contribution >= 0.6 is 46.6 Å². The van der Waals surface area contributed by atoms with Crippen LogP contribution in [0.15, 0.2) is 66.7 Å². The van der Waals surface area contributed by atoms with Gasteiger partial charge in [-0.25, -0.2) is 0 Å². The number of hydrogen-bond acceptors (Lipinski definition) is 8. The van der Waals surface area contributed by atoms with Crippen molar-refractivity contribution in [2.75, 3.05) is 22.7 Å². The topological polar surface area (TPSA) is 42.5 Å². The Labute approximate surface area is 304 Å². The van der Waals surface area contributed by atoms with Crippen LogP contribution in [-0.2, 0) is 0 Å². The van der Waals surface area contributed by atoms with E-state index in [1.54, 1.807) is 12.1 Å². The van der Waals surface area contributed by atoms with Crippen LogP contribution in [0.5, 0.6) is 11.5 Å². The number of rotatable bonds is 18. The minimum Gasteiger partial charge on any atom is -0.493 e. The summed E-state index contributed by atoms with van der Waals surface area (Å²) < 4.78 is 19.5. The smallest absolute Gasteiger partial charge is 0.119 e. The Balaban J connectivity index is 1.08. The van der Waals surface area contributed by atoms with Crippen LogP contribution in [0.1, 0.15) is 101 Å². The number of benzene rings is 2. The highest BCUT2D eigenvalue weighted by molar-refractivity contribution is 8.09. The van der Waals surface area contributed by atoms with Crippen LogP contribution in [0.3, 0.4) is 0 Å². The van der Waals surface area contributed by atoms with Crippen molar-refractivity contribution in [1.82, 2.24) is 0 Å². The molecule has 0 amide bonds. The Morgan fingerprint density at radius 2 is 1.27 bits per heavy atom. The van der Waals surface area contributed by atoms with E-state index in [-0.39, 0.29) is 0 Å². The summed E-state index contributed by atoms with van der Waals surface area (Å²) in [5, 5.41) is 0.426. The van der Waals surface area contributed by atoms with Gasteiger partial charge in [0, 0.05) is 19.9 Å². The van der Waals surface area contributed by atoms with Crippen molar-refractivity contribution in [3.8, 4) is 31.7 Å². The van der Waals surface area contributed by atoms with Gasteiger partial charge in [0.1, 0.15) is 11.5 Å². The number of nitrogens with one attached hydrogen (secondary N) is 2. The van der Waals surface area contributed by atoms with Crippen molar-refractivity contribution < 1.29 is 9.47 Å². The molecule has 0 radical (unpaired) electrons. The summed E-state index contributed by atoms with van der Waals surface area (Å²) in [7, 11) is 0. The lowest BCUT2D eigenvalue weighted by Crippen LogP contribution is -2.11. The summed E-state index contributed by atoms with van der Waals surface area (Å²) in [5.74, 6) is 3.23. The molecule has 2 aromatic carbocycles. The summed E-state index contributed by atoms with van der Waals surface area (Å²) in [6.45, 7) is 10.7. The summed E-state index contributed by atoms with van der Waals surface area (Å²) >= 11 is 7.32. The van der Waals surface area contributed by atoms with E-state index in [1.807, 2.05) is 34.4 Å². The van der Waals surface area contributed by atoms with Crippen LogP contribution in [0, 0.1) is 11.8 Å². The zero-order valence-corrected chi connectivity index (χ0v) is 32.1. The van der Waals surface area contributed by atoms with E-state index in [1.165, 1.54) is 98.3 Å². The van der Waals surface area contributed by atoms with E-state index in [9.17, 15) is 0 Å². The number of thioether (sulfide) groups is 1. The van der Waals surface area contributed by atoms with Crippen LogP contribution in [0.2, 0.25) is 0 Å². The van der Waals surface area contributed by atoms with Gasteiger partial charge in [0.2, 0.25) is 0 Å². The molecule has 0 spiro atoms. The molecule has 2 aliphatic heterocycles. The number of unbranched alkanes of at least 4 members (excludes halogenated alkanes) is 2. The molecule has 256 valence electrons. The van der Waals surface area contributed by atoms with E-state index >= 15 is 0 Å². The average Bonchev–Trinajstić information content (AvgIpc) is 3.95. The molecule has 2 N–H and O–H groups in total. The Morgan fingerprint density at radius 1 is 0.688 bits per heavy atom.